The third-order valence-corrected chi connectivity index (χ3v) is 11.6. The number of benzene rings is 1. The number of likely N-dealkylation sites (N-methyl/N-ethyl adjacent to an activating group) is 1. The van der Waals surface area contributed by atoms with Gasteiger partial charge in [-0.15, -0.1) is 0 Å². The fourth-order valence-electron chi connectivity index (χ4n) is 7.57. The molecular formula is C41H67N3O8. The Hall–Kier alpha value is -3.15. The number of methoxy groups -OCH3 is 3. The molecule has 294 valence electrons. The van der Waals surface area contributed by atoms with E-state index in [2.05, 4.69) is 0 Å². The van der Waals surface area contributed by atoms with Gasteiger partial charge in [0.05, 0.1) is 49.3 Å². The van der Waals surface area contributed by atoms with E-state index < -0.39 is 47.5 Å². The molecule has 52 heavy (non-hydrogen) atoms. The molecular weight excluding hydrogens is 662 g/mol. The number of Topliss-reactive ketones (excluding diaryl/α,β-unsaturated/α-hetero) is 2. The quantitative estimate of drug-likeness (QED) is 0.158. The zero-order chi connectivity index (χ0) is 39.3. The first-order valence-electron chi connectivity index (χ1n) is 19.1. The molecule has 1 aliphatic rings. The zero-order valence-electron chi connectivity index (χ0n) is 33.7. The first-order chi connectivity index (χ1) is 24.5. The van der Waals surface area contributed by atoms with Crippen LogP contribution in [0.4, 0.5) is 0 Å². The molecule has 1 saturated heterocycles. The molecule has 0 aliphatic carbocycles. The summed E-state index contributed by atoms with van der Waals surface area (Å²) in [5.41, 5.74) is 6.19. The zero-order valence-corrected chi connectivity index (χ0v) is 33.7. The van der Waals surface area contributed by atoms with Gasteiger partial charge in [0.1, 0.15) is 5.78 Å². The van der Waals surface area contributed by atoms with Crippen molar-refractivity contribution in [3.05, 3.63) is 35.9 Å². The van der Waals surface area contributed by atoms with Crippen LogP contribution in [0.5, 0.6) is 0 Å². The Bertz CT molecular complexity index is 1320. The number of likely N-dealkylation sites (tertiary alicyclic amines) is 1. The highest BCUT2D eigenvalue weighted by Crippen LogP contribution is 2.32. The van der Waals surface area contributed by atoms with Crippen LogP contribution in [0.15, 0.2) is 30.3 Å². The molecule has 0 unspecified atom stereocenters. The summed E-state index contributed by atoms with van der Waals surface area (Å²) >= 11 is 0. The number of rotatable bonds is 22. The highest BCUT2D eigenvalue weighted by molar-refractivity contribution is 5.92. The molecule has 0 saturated carbocycles. The van der Waals surface area contributed by atoms with Crippen molar-refractivity contribution >= 4 is 29.4 Å². The second-order valence-electron chi connectivity index (χ2n) is 15.4. The predicted octanol–water partition coefficient (Wildman–Crippen LogP) is 5.26. The van der Waals surface area contributed by atoms with Crippen molar-refractivity contribution in [3.63, 3.8) is 0 Å². The monoisotopic (exact) mass is 729 g/mol. The lowest BCUT2D eigenvalue weighted by Gasteiger charge is -2.41. The van der Waals surface area contributed by atoms with Crippen LogP contribution in [-0.2, 0) is 44.6 Å². The average molecular weight is 730 g/mol. The maximum atomic E-state index is 14.2. The van der Waals surface area contributed by atoms with E-state index in [1.54, 1.807) is 44.9 Å². The third-order valence-electron chi connectivity index (χ3n) is 11.6. The number of esters is 1. The van der Waals surface area contributed by atoms with Gasteiger partial charge in [-0.1, -0.05) is 78.3 Å². The van der Waals surface area contributed by atoms with Crippen molar-refractivity contribution < 1.29 is 38.2 Å². The van der Waals surface area contributed by atoms with Gasteiger partial charge in [0.15, 0.2) is 5.78 Å². The summed E-state index contributed by atoms with van der Waals surface area (Å²) < 4.78 is 17.0. The van der Waals surface area contributed by atoms with Crippen LogP contribution in [-0.4, -0.2) is 104 Å². The second-order valence-corrected chi connectivity index (χ2v) is 15.4. The summed E-state index contributed by atoms with van der Waals surface area (Å²) in [6.45, 7) is 13.8. The Morgan fingerprint density at radius 2 is 1.60 bits per heavy atom. The largest absolute Gasteiger partial charge is 0.469 e. The first kappa shape index (κ1) is 45.0. The van der Waals surface area contributed by atoms with Crippen molar-refractivity contribution in [3.8, 4) is 0 Å². The topological polar surface area (TPSA) is 146 Å². The van der Waals surface area contributed by atoms with Gasteiger partial charge >= 0.3 is 5.97 Å². The van der Waals surface area contributed by atoms with Gasteiger partial charge < -0.3 is 29.7 Å². The number of ketones is 2. The van der Waals surface area contributed by atoms with E-state index in [1.165, 1.54) is 7.11 Å². The third kappa shape index (κ3) is 11.7. The number of hydrogen-bond acceptors (Lipinski definition) is 9. The number of carbonyl (C=O) groups excluding carboxylic acids is 5. The Kier molecular flexibility index (Phi) is 18.1. The van der Waals surface area contributed by atoms with Gasteiger partial charge in [-0.25, -0.2) is 0 Å². The fourth-order valence-corrected chi connectivity index (χ4v) is 7.57. The molecule has 0 spiro atoms. The SMILES string of the molecule is CC[C@H](C)[C@@H]([C@@H](CC(=O)N1CCC[C@H]1[C@H](OC)[C@@H](C)C(=O)C[C@@H](Cc1ccccc1)C(=O)OC)OC)N(C)C(=O)[C@@H](CC(=O)[C@@](C)(N)CC)C(C)C. The number of nitrogens with zero attached hydrogens (tertiary/aromatic N) is 2. The lowest BCUT2D eigenvalue weighted by molar-refractivity contribution is -0.150. The maximum absolute atomic E-state index is 14.2. The van der Waals surface area contributed by atoms with Crippen LogP contribution >= 0.6 is 0 Å². The molecule has 2 amide bonds. The van der Waals surface area contributed by atoms with Gasteiger partial charge in [-0.05, 0) is 50.0 Å². The lowest BCUT2D eigenvalue weighted by atomic mass is 9.82. The Morgan fingerprint density at radius 3 is 2.12 bits per heavy atom. The average Bonchev–Trinajstić information content (AvgIpc) is 3.62. The predicted molar refractivity (Wildman–Crippen MR) is 202 cm³/mol. The van der Waals surface area contributed by atoms with Crippen molar-refractivity contribution in [2.75, 3.05) is 34.9 Å². The molecule has 1 heterocycles. The second kappa shape index (κ2) is 20.9. The Balaban J connectivity index is 2.28. The number of amides is 2. The molecule has 1 fully saturated rings. The normalized spacial score (nSPS) is 19.9. The maximum Gasteiger partial charge on any atom is 0.309 e. The van der Waals surface area contributed by atoms with Crippen molar-refractivity contribution in [1.82, 2.24) is 9.80 Å². The number of nitrogens with two attached hydrogens (primary N) is 1. The standard InChI is InChI=1S/C41H67N3O8/c1-12-27(5)37(43(8)39(48)31(26(3)4)24-35(46)41(7,42)13-2)34(50-9)25-36(47)44-21-17-20-32(44)38(51-10)28(6)33(45)23-30(40(49)52-11)22-29-18-15-14-16-19-29/h14-16,18-19,26-28,30-32,34,37-38H,12-13,17,20-25,42H2,1-11H3/t27-,28-,30+,31-,32-,34+,37-,38+,41-/m0/s1. The number of carbonyl (C=O) groups is 5. The molecule has 11 heteroatoms. The Morgan fingerprint density at radius 1 is 0.962 bits per heavy atom. The van der Waals surface area contributed by atoms with Crippen LogP contribution in [0.3, 0.4) is 0 Å². The van der Waals surface area contributed by atoms with E-state index in [0.717, 1.165) is 18.4 Å². The summed E-state index contributed by atoms with van der Waals surface area (Å²) in [7, 11) is 6.18. The van der Waals surface area contributed by atoms with E-state index >= 15 is 0 Å². The van der Waals surface area contributed by atoms with Gasteiger partial charge in [-0.3, -0.25) is 24.0 Å². The minimum Gasteiger partial charge on any atom is -0.469 e. The summed E-state index contributed by atoms with van der Waals surface area (Å²) in [5.74, 6) is -2.92. The summed E-state index contributed by atoms with van der Waals surface area (Å²) in [6.07, 6.45) is 1.89. The Labute approximate surface area is 312 Å². The molecule has 2 rings (SSSR count). The highest BCUT2D eigenvalue weighted by atomic mass is 16.5. The molecule has 11 nitrogen and oxygen atoms in total. The van der Waals surface area contributed by atoms with Crippen molar-refractivity contribution in [1.29, 1.82) is 0 Å². The van der Waals surface area contributed by atoms with Crippen LogP contribution in [0.25, 0.3) is 0 Å². The van der Waals surface area contributed by atoms with Crippen LogP contribution < -0.4 is 5.73 Å². The summed E-state index contributed by atoms with van der Waals surface area (Å²) in [5, 5.41) is 0. The van der Waals surface area contributed by atoms with Crippen LogP contribution in [0.2, 0.25) is 0 Å². The molecule has 0 aromatic heterocycles. The van der Waals surface area contributed by atoms with E-state index in [9.17, 15) is 24.0 Å². The molecule has 0 radical (unpaired) electrons. The van der Waals surface area contributed by atoms with E-state index in [-0.39, 0.29) is 60.5 Å². The van der Waals surface area contributed by atoms with E-state index in [4.69, 9.17) is 19.9 Å². The van der Waals surface area contributed by atoms with E-state index in [0.29, 0.717) is 25.8 Å². The fraction of sp³-hybridized carbons (Fsp3) is 0.732. The smallest absolute Gasteiger partial charge is 0.309 e. The lowest BCUT2D eigenvalue weighted by Crippen LogP contribution is -2.54. The molecule has 1 aromatic carbocycles. The minimum atomic E-state index is -1.01. The van der Waals surface area contributed by atoms with Gasteiger partial charge in [0, 0.05) is 52.5 Å². The van der Waals surface area contributed by atoms with Gasteiger partial charge in [-0.2, -0.15) is 0 Å². The van der Waals surface area contributed by atoms with Crippen molar-refractivity contribution in [2.45, 2.75) is 130 Å². The van der Waals surface area contributed by atoms with E-state index in [1.807, 2.05) is 65.0 Å². The summed E-state index contributed by atoms with van der Waals surface area (Å²) in [4.78, 5) is 71.3. The van der Waals surface area contributed by atoms with Gasteiger partial charge in [0.2, 0.25) is 11.8 Å². The number of ether oxygens (including phenoxy) is 3. The molecule has 0 bridgehead atoms. The summed E-state index contributed by atoms with van der Waals surface area (Å²) in [6, 6.07) is 8.75. The highest BCUT2D eigenvalue weighted by Gasteiger charge is 2.43. The van der Waals surface area contributed by atoms with Crippen LogP contribution in [0.1, 0.15) is 99.0 Å². The minimum absolute atomic E-state index is 0.00209. The first-order valence-corrected chi connectivity index (χ1v) is 19.1. The molecule has 9 atom stereocenters. The van der Waals surface area contributed by atoms with Crippen LogP contribution in [0, 0.1) is 29.6 Å². The molecule has 1 aromatic rings. The molecule has 2 N–H and O–H groups in total. The number of hydrogen-bond donors (Lipinski definition) is 1. The van der Waals surface area contributed by atoms with Crippen molar-refractivity contribution in [2.24, 2.45) is 35.3 Å². The van der Waals surface area contributed by atoms with Gasteiger partial charge in [0.25, 0.3) is 0 Å². The molecule has 1 aliphatic heterocycles.